The van der Waals surface area contributed by atoms with Crippen LogP contribution in [0.15, 0.2) is 63.2 Å². The lowest BCUT2D eigenvalue weighted by molar-refractivity contribution is -0.118. The lowest BCUT2D eigenvalue weighted by Crippen LogP contribution is -2.24. The number of nitrogens with zero attached hydrogens (tertiary/aromatic N) is 3. The number of benzene rings is 1. The van der Waals surface area contributed by atoms with Crippen molar-refractivity contribution in [3.05, 3.63) is 70.5 Å². The minimum Gasteiger partial charge on any atom is -0.467 e. The molecule has 0 saturated heterocycles. The van der Waals surface area contributed by atoms with Crippen LogP contribution in [-0.2, 0) is 11.3 Å². The molecule has 9 heteroatoms. The second-order valence-corrected chi connectivity index (χ2v) is 7.11. The third-order valence-corrected chi connectivity index (χ3v) is 4.95. The van der Waals surface area contributed by atoms with Crippen LogP contribution in [0.1, 0.15) is 11.3 Å². The fraction of sp³-hybridized carbons (Fsp3) is 0.158. The Balaban J connectivity index is 1.51. The van der Waals surface area contributed by atoms with Gasteiger partial charge in [0.2, 0.25) is 5.91 Å². The molecular formula is C19H17N5O3S. The number of fused-ring (bicyclic) bond motifs is 1. The van der Waals surface area contributed by atoms with E-state index in [0.717, 1.165) is 23.0 Å². The fourth-order valence-corrected chi connectivity index (χ4v) is 3.31. The zero-order valence-electron chi connectivity index (χ0n) is 15.0. The molecule has 8 nitrogen and oxygen atoms in total. The summed E-state index contributed by atoms with van der Waals surface area (Å²) in [4.78, 5) is 31.5. The largest absolute Gasteiger partial charge is 0.467 e. The summed E-state index contributed by atoms with van der Waals surface area (Å²) >= 11 is 1.15. The highest BCUT2D eigenvalue weighted by Crippen LogP contribution is 2.18. The Bertz CT molecular complexity index is 1160. The van der Waals surface area contributed by atoms with Gasteiger partial charge in [0.05, 0.1) is 30.4 Å². The maximum Gasteiger partial charge on any atom is 0.262 e. The standard InChI is InChI=1S/C19H17N5O3S/c1-12-4-6-13(7-5-12)24-17-15(10-21-24)18(26)23-19(22-17)28-11-16(25)20-9-14-3-2-8-27-14/h2-8,10H,9,11H2,1H3,(H,20,25)(H,22,23,26). The van der Waals surface area contributed by atoms with E-state index < -0.39 is 0 Å². The highest BCUT2D eigenvalue weighted by Gasteiger charge is 2.13. The van der Waals surface area contributed by atoms with Crippen LogP contribution in [0.2, 0.25) is 0 Å². The Kier molecular flexibility index (Phi) is 4.98. The van der Waals surface area contributed by atoms with Crippen LogP contribution in [0.4, 0.5) is 0 Å². The van der Waals surface area contributed by atoms with E-state index in [1.807, 2.05) is 31.2 Å². The monoisotopic (exact) mass is 395 g/mol. The topological polar surface area (TPSA) is 106 Å². The maximum atomic E-state index is 12.3. The van der Waals surface area contributed by atoms with Crippen LogP contribution < -0.4 is 10.9 Å². The molecule has 142 valence electrons. The number of hydrogen-bond donors (Lipinski definition) is 2. The molecule has 3 aromatic heterocycles. The molecule has 0 spiro atoms. The summed E-state index contributed by atoms with van der Waals surface area (Å²) in [6, 6.07) is 11.3. The molecule has 0 aliphatic rings. The van der Waals surface area contributed by atoms with E-state index in [9.17, 15) is 9.59 Å². The number of aromatic nitrogens is 4. The van der Waals surface area contributed by atoms with E-state index in [2.05, 4.69) is 20.4 Å². The molecule has 4 rings (SSSR count). The molecular weight excluding hydrogens is 378 g/mol. The second kappa shape index (κ2) is 7.73. The van der Waals surface area contributed by atoms with Gasteiger partial charge < -0.3 is 14.7 Å². The molecule has 0 unspecified atom stereocenters. The van der Waals surface area contributed by atoms with Gasteiger partial charge in [-0.05, 0) is 31.2 Å². The molecule has 0 radical (unpaired) electrons. The zero-order chi connectivity index (χ0) is 19.5. The van der Waals surface area contributed by atoms with Crippen LogP contribution >= 0.6 is 11.8 Å². The number of rotatable bonds is 6. The maximum absolute atomic E-state index is 12.3. The van der Waals surface area contributed by atoms with Crippen LogP contribution in [0, 0.1) is 6.92 Å². The number of H-pyrrole nitrogens is 1. The number of furan rings is 1. The molecule has 0 bridgehead atoms. The van der Waals surface area contributed by atoms with Gasteiger partial charge >= 0.3 is 0 Å². The number of nitrogens with one attached hydrogen (secondary N) is 2. The second-order valence-electron chi connectivity index (χ2n) is 6.15. The Morgan fingerprint density at radius 2 is 2.11 bits per heavy atom. The van der Waals surface area contributed by atoms with Gasteiger partial charge in [-0.1, -0.05) is 29.5 Å². The number of aryl methyl sites for hydroxylation is 1. The predicted octanol–water partition coefficient (Wildman–Crippen LogP) is 2.42. The molecule has 0 fully saturated rings. The van der Waals surface area contributed by atoms with Crippen molar-refractivity contribution in [2.75, 3.05) is 5.75 Å². The first-order valence-corrected chi connectivity index (χ1v) is 9.56. The van der Waals surface area contributed by atoms with Crippen LogP contribution in [-0.4, -0.2) is 31.4 Å². The Morgan fingerprint density at radius 3 is 2.86 bits per heavy atom. The summed E-state index contributed by atoms with van der Waals surface area (Å²) in [5.41, 5.74) is 2.10. The molecule has 28 heavy (non-hydrogen) atoms. The van der Waals surface area contributed by atoms with Gasteiger partial charge in [0, 0.05) is 0 Å². The Labute approximate surface area is 164 Å². The summed E-state index contributed by atoms with van der Waals surface area (Å²) in [5, 5.41) is 7.80. The van der Waals surface area contributed by atoms with Crippen molar-refractivity contribution >= 4 is 28.7 Å². The number of hydrogen-bond acceptors (Lipinski definition) is 6. The Hall–Kier alpha value is -3.33. The van der Waals surface area contributed by atoms with Gasteiger partial charge in [0.25, 0.3) is 5.56 Å². The molecule has 0 aliphatic heterocycles. The smallest absolute Gasteiger partial charge is 0.262 e. The summed E-state index contributed by atoms with van der Waals surface area (Å²) in [7, 11) is 0. The average Bonchev–Trinajstić information content (AvgIpc) is 3.35. The van der Waals surface area contributed by atoms with E-state index in [-0.39, 0.29) is 17.2 Å². The zero-order valence-corrected chi connectivity index (χ0v) is 15.8. The number of aromatic amines is 1. The van der Waals surface area contributed by atoms with Crippen molar-refractivity contribution in [2.45, 2.75) is 18.6 Å². The van der Waals surface area contributed by atoms with E-state index >= 15 is 0 Å². The third-order valence-electron chi connectivity index (χ3n) is 4.07. The van der Waals surface area contributed by atoms with Gasteiger partial charge in [-0.3, -0.25) is 9.59 Å². The van der Waals surface area contributed by atoms with Crippen molar-refractivity contribution in [3.63, 3.8) is 0 Å². The fourth-order valence-electron chi connectivity index (χ4n) is 2.63. The number of amides is 1. The molecule has 1 aromatic carbocycles. The van der Waals surface area contributed by atoms with E-state index in [4.69, 9.17) is 4.42 Å². The molecule has 3 heterocycles. The van der Waals surface area contributed by atoms with Crippen LogP contribution in [0.25, 0.3) is 16.7 Å². The Morgan fingerprint density at radius 1 is 1.29 bits per heavy atom. The average molecular weight is 395 g/mol. The van der Waals surface area contributed by atoms with E-state index in [1.165, 1.54) is 6.20 Å². The van der Waals surface area contributed by atoms with Crippen molar-refractivity contribution in [1.82, 2.24) is 25.1 Å². The first-order chi connectivity index (χ1) is 13.6. The summed E-state index contributed by atoms with van der Waals surface area (Å²) < 4.78 is 6.79. The molecule has 1 amide bonds. The van der Waals surface area contributed by atoms with Gasteiger partial charge in [-0.2, -0.15) is 5.10 Å². The van der Waals surface area contributed by atoms with E-state index in [1.54, 1.807) is 23.1 Å². The van der Waals surface area contributed by atoms with E-state index in [0.29, 0.717) is 28.5 Å². The summed E-state index contributed by atoms with van der Waals surface area (Å²) in [5.74, 6) is 0.609. The van der Waals surface area contributed by atoms with Crippen molar-refractivity contribution in [3.8, 4) is 5.69 Å². The lowest BCUT2D eigenvalue weighted by atomic mass is 10.2. The quantitative estimate of drug-likeness (QED) is 0.384. The predicted molar refractivity (Wildman–Crippen MR) is 106 cm³/mol. The first kappa shape index (κ1) is 18.1. The van der Waals surface area contributed by atoms with Crippen LogP contribution in [0.5, 0.6) is 0 Å². The van der Waals surface area contributed by atoms with Crippen molar-refractivity contribution in [1.29, 1.82) is 0 Å². The highest BCUT2D eigenvalue weighted by molar-refractivity contribution is 7.99. The van der Waals surface area contributed by atoms with Crippen LogP contribution in [0.3, 0.4) is 0 Å². The van der Waals surface area contributed by atoms with Gasteiger partial charge in [0.1, 0.15) is 11.1 Å². The summed E-state index contributed by atoms with van der Waals surface area (Å²) in [6.07, 6.45) is 3.04. The normalized spacial score (nSPS) is 11.0. The van der Waals surface area contributed by atoms with Crippen molar-refractivity contribution in [2.24, 2.45) is 0 Å². The molecule has 0 atom stereocenters. The minimum atomic E-state index is -0.290. The van der Waals surface area contributed by atoms with Gasteiger partial charge in [-0.15, -0.1) is 0 Å². The number of thioether (sulfide) groups is 1. The molecule has 0 saturated carbocycles. The van der Waals surface area contributed by atoms with Gasteiger partial charge in [-0.25, -0.2) is 9.67 Å². The van der Waals surface area contributed by atoms with Crippen molar-refractivity contribution < 1.29 is 9.21 Å². The molecule has 2 N–H and O–H groups in total. The number of carbonyl (C=O) groups is 1. The highest BCUT2D eigenvalue weighted by atomic mass is 32.2. The number of carbonyl (C=O) groups excluding carboxylic acids is 1. The minimum absolute atomic E-state index is 0.119. The first-order valence-electron chi connectivity index (χ1n) is 8.57. The lowest BCUT2D eigenvalue weighted by Gasteiger charge is -2.05. The molecule has 0 aliphatic carbocycles. The SMILES string of the molecule is Cc1ccc(-n2ncc3c(=O)[nH]c(SCC(=O)NCc4ccco4)nc32)cc1. The third kappa shape index (κ3) is 3.84. The summed E-state index contributed by atoms with van der Waals surface area (Å²) in [6.45, 7) is 2.31. The molecule has 4 aromatic rings. The van der Waals surface area contributed by atoms with Gasteiger partial charge in [0.15, 0.2) is 10.8 Å².